The Balaban J connectivity index is 1.50. The van der Waals surface area contributed by atoms with Gasteiger partial charge in [0, 0.05) is 23.6 Å². The SMILES string of the molecule is Cc1ccccc1NC(=O)CSc1nc(=O)n(CC2CCCO2)c2c1CCCC2. The first kappa shape index (κ1) is 20.2. The van der Waals surface area contributed by atoms with Gasteiger partial charge in [-0.1, -0.05) is 30.0 Å². The van der Waals surface area contributed by atoms with Gasteiger partial charge in [-0.05, 0) is 57.1 Å². The van der Waals surface area contributed by atoms with Crippen LogP contribution in [0.1, 0.15) is 42.5 Å². The molecule has 1 amide bonds. The molecule has 0 spiro atoms. The van der Waals surface area contributed by atoms with E-state index < -0.39 is 0 Å². The van der Waals surface area contributed by atoms with E-state index in [0.29, 0.717) is 11.6 Å². The minimum atomic E-state index is -0.219. The van der Waals surface area contributed by atoms with Crippen LogP contribution in [0.5, 0.6) is 0 Å². The number of hydrogen-bond acceptors (Lipinski definition) is 5. The van der Waals surface area contributed by atoms with Gasteiger partial charge in [-0.3, -0.25) is 9.36 Å². The summed E-state index contributed by atoms with van der Waals surface area (Å²) < 4.78 is 7.55. The van der Waals surface area contributed by atoms with Crippen LogP contribution in [0.2, 0.25) is 0 Å². The number of amides is 1. The Hall–Kier alpha value is -2.12. The second-order valence-corrected chi connectivity index (χ2v) is 8.69. The van der Waals surface area contributed by atoms with Crippen molar-refractivity contribution < 1.29 is 9.53 Å². The molecule has 1 atom stereocenters. The van der Waals surface area contributed by atoms with E-state index in [0.717, 1.165) is 67.6 Å². The van der Waals surface area contributed by atoms with Crippen molar-refractivity contribution in [3.8, 4) is 0 Å². The van der Waals surface area contributed by atoms with Gasteiger partial charge in [0.25, 0.3) is 0 Å². The fourth-order valence-corrected chi connectivity index (χ4v) is 4.96. The Kier molecular flexibility index (Phi) is 6.35. The molecule has 4 rings (SSSR count). The summed E-state index contributed by atoms with van der Waals surface area (Å²) in [5, 5.41) is 3.66. The lowest BCUT2D eigenvalue weighted by Crippen LogP contribution is -2.34. The molecule has 1 aromatic heterocycles. The van der Waals surface area contributed by atoms with Gasteiger partial charge in [-0.2, -0.15) is 4.98 Å². The molecule has 2 aliphatic rings. The molecule has 6 nitrogen and oxygen atoms in total. The fourth-order valence-electron chi connectivity index (χ4n) is 4.08. The van der Waals surface area contributed by atoms with E-state index >= 15 is 0 Å². The van der Waals surface area contributed by atoms with Crippen molar-refractivity contribution in [1.29, 1.82) is 0 Å². The number of nitrogens with one attached hydrogen (secondary N) is 1. The number of ether oxygens (including phenoxy) is 1. The molecule has 1 N–H and O–H groups in total. The van der Waals surface area contributed by atoms with E-state index in [1.807, 2.05) is 35.8 Å². The number of carbonyl (C=O) groups is 1. The highest BCUT2D eigenvalue weighted by Gasteiger charge is 2.24. The van der Waals surface area contributed by atoms with Crippen LogP contribution in [-0.2, 0) is 28.9 Å². The van der Waals surface area contributed by atoms with Crippen molar-refractivity contribution in [1.82, 2.24) is 9.55 Å². The maximum Gasteiger partial charge on any atom is 0.348 e. The smallest absolute Gasteiger partial charge is 0.348 e. The number of nitrogens with zero attached hydrogens (tertiary/aromatic N) is 2. The molecule has 1 fully saturated rings. The Morgan fingerprint density at radius 1 is 1.28 bits per heavy atom. The number of para-hydroxylation sites is 1. The number of aryl methyl sites for hydroxylation is 1. The van der Waals surface area contributed by atoms with Gasteiger partial charge >= 0.3 is 5.69 Å². The summed E-state index contributed by atoms with van der Waals surface area (Å²) in [7, 11) is 0. The summed E-state index contributed by atoms with van der Waals surface area (Å²) in [5.41, 5.74) is 3.86. The average molecular weight is 414 g/mol. The van der Waals surface area contributed by atoms with Crippen LogP contribution in [0.4, 0.5) is 5.69 Å². The first-order chi connectivity index (χ1) is 14.1. The van der Waals surface area contributed by atoms with E-state index in [1.54, 1.807) is 0 Å². The topological polar surface area (TPSA) is 73.2 Å². The quantitative estimate of drug-likeness (QED) is 0.581. The largest absolute Gasteiger partial charge is 0.376 e. The third kappa shape index (κ3) is 4.73. The monoisotopic (exact) mass is 413 g/mol. The maximum absolute atomic E-state index is 12.8. The molecule has 0 radical (unpaired) electrons. The molecule has 1 saturated heterocycles. The summed E-state index contributed by atoms with van der Waals surface area (Å²) in [5.74, 6) is 0.155. The van der Waals surface area contributed by atoms with Crippen molar-refractivity contribution in [2.45, 2.75) is 63.1 Å². The minimum absolute atomic E-state index is 0.0841. The third-order valence-corrected chi connectivity index (χ3v) is 6.64. The van der Waals surface area contributed by atoms with Crippen molar-refractivity contribution in [2.75, 3.05) is 17.7 Å². The molecule has 1 aliphatic heterocycles. The second kappa shape index (κ2) is 9.13. The van der Waals surface area contributed by atoms with Crippen LogP contribution < -0.4 is 11.0 Å². The Morgan fingerprint density at radius 3 is 2.90 bits per heavy atom. The van der Waals surface area contributed by atoms with Gasteiger partial charge in [-0.15, -0.1) is 0 Å². The van der Waals surface area contributed by atoms with Crippen LogP contribution >= 0.6 is 11.8 Å². The molecule has 2 heterocycles. The molecule has 7 heteroatoms. The highest BCUT2D eigenvalue weighted by Crippen LogP contribution is 2.29. The molecule has 0 saturated carbocycles. The average Bonchev–Trinajstić information content (AvgIpc) is 3.24. The van der Waals surface area contributed by atoms with E-state index in [4.69, 9.17) is 4.74 Å². The third-order valence-electron chi connectivity index (χ3n) is 5.62. The molecule has 2 aromatic rings. The first-order valence-electron chi connectivity index (χ1n) is 10.3. The van der Waals surface area contributed by atoms with Crippen LogP contribution in [0, 0.1) is 6.92 Å². The number of benzene rings is 1. The van der Waals surface area contributed by atoms with E-state index in [1.165, 1.54) is 11.8 Å². The van der Waals surface area contributed by atoms with Gasteiger partial charge in [0.05, 0.1) is 18.4 Å². The normalized spacial score (nSPS) is 18.4. The van der Waals surface area contributed by atoms with Gasteiger partial charge in [0.1, 0.15) is 5.03 Å². The second-order valence-electron chi connectivity index (χ2n) is 7.73. The lowest BCUT2D eigenvalue weighted by atomic mass is 9.97. The van der Waals surface area contributed by atoms with E-state index in [9.17, 15) is 9.59 Å². The molecule has 1 unspecified atom stereocenters. The number of aromatic nitrogens is 2. The van der Waals surface area contributed by atoms with E-state index in [2.05, 4.69) is 10.3 Å². The molecule has 0 bridgehead atoms. The lowest BCUT2D eigenvalue weighted by Gasteiger charge is -2.24. The zero-order chi connectivity index (χ0) is 20.2. The van der Waals surface area contributed by atoms with Crippen molar-refractivity contribution >= 4 is 23.4 Å². The van der Waals surface area contributed by atoms with Crippen LogP contribution in [-0.4, -0.2) is 33.9 Å². The number of hydrogen-bond donors (Lipinski definition) is 1. The Bertz CT molecular complexity index is 951. The molecular formula is C22H27N3O3S. The van der Waals surface area contributed by atoms with Crippen molar-refractivity contribution in [3.63, 3.8) is 0 Å². The van der Waals surface area contributed by atoms with Crippen LogP contribution in [0.25, 0.3) is 0 Å². The zero-order valence-electron chi connectivity index (χ0n) is 16.8. The first-order valence-corrected chi connectivity index (χ1v) is 11.3. The molecular weight excluding hydrogens is 386 g/mol. The van der Waals surface area contributed by atoms with Crippen molar-refractivity contribution in [3.05, 3.63) is 51.6 Å². The molecule has 29 heavy (non-hydrogen) atoms. The van der Waals surface area contributed by atoms with Gasteiger partial charge in [0.15, 0.2) is 0 Å². The number of thioether (sulfide) groups is 1. The van der Waals surface area contributed by atoms with Gasteiger partial charge in [0.2, 0.25) is 5.91 Å². The highest BCUT2D eigenvalue weighted by atomic mass is 32.2. The predicted octanol–water partition coefficient (Wildman–Crippen LogP) is 3.34. The lowest BCUT2D eigenvalue weighted by molar-refractivity contribution is -0.113. The number of fused-ring (bicyclic) bond motifs is 1. The van der Waals surface area contributed by atoms with Crippen LogP contribution in [0.15, 0.2) is 34.1 Å². The molecule has 154 valence electrons. The molecule has 1 aliphatic carbocycles. The minimum Gasteiger partial charge on any atom is -0.376 e. The van der Waals surface area contributed by atoms with Crippen molar-refractivity contribution in [2.24, 2.45) is 0 Å². The number of rotatable bonds is 6. The summed E-state index contributed by atoms with van der Waals surface area (Å²) in [4.78, 5) is 29.6. The molecule has 1 aromatic carbocycles. The number of carbonyl (C=O) groups excluding carboxylic acids is 1. The summed E-state index contributed by atoms with van der Waals surface area (Å²) in [6, 6.07) is 7.71. The Morgan fingerprint density at radius 2 is 2.10 bits per heavy atom. The summed E-state index contributed by atoms with van der Waals surface area (Å²) >= 11 is 1.37. The summed E-state index contributed by atoms with van der Waals surface area (Å²) in [6.45, 7) is 3.33. The zero-order valence-corrected chi connectivity index (χ0v) is 17.6. The number of anilines is 1. The predicted molar refractivity (Wildman–Crippen MR) is 115 cm³/mol. The fraction of sp³-hybridized carbons (Fsp3) is 0.500. The van der Waals surface area contributed by atoms with Gasteiger partial charge in [-0.25, -0.2) is 4.79 Å². The maximum atomic E-state index is 12.8. The summed E-state index contributed by atoms with van der Waals surface area (Å²) in [6.07, 6.45) is 6.14. The highest BCUT2D eigenvalue weighted by molar-refractivity contribution is 8.00. The Labute approximate surface area is 175 Å². The van der Waals surface area contributed by atoms with E-state index in [-0.39, 0.29) is 23.5 Å². The standard InChI is InChI=1S/C22H27N3O3S/c1-15-7-2-4-10-18(15)23-20(26)14-29-21-17-9-3-5-11-19(17)25(22(27)24-21)13-16-8-6-12-28-16/h2,4,7,10,16H,3,5-6,8-9,11-14H2,1H3,(H,23,26). The van der Waals surface area contributed by atoms with Gasteiger partial charge < -0.3 is 10.1 Å². The van der Waals surface area contributed by atoms with Crippen LogP contribution in [0.3, 0.4) is 0 Å².